The van der Waals surface area contributed by atoms with Crippen LogP contribution in [0.4, 0.5) is 16.4 Å². The number of nitrogens with two attached hydrogens (primary N) is 4. The number of carbonyl (C=O) groups excluding carboxylic acids is 3. The molecular weight excluding hydrogens is 976 g/mol. The number of aliphatic imine (C=N–C) groups is 1. The highest BCUT2D eigenvalue weighted by atomic mass is 35.5. The molecule has 0 saturated heterocycles. The number of aliphatic hydroxyl groups is 10. The number of ether oxygens (including phenoxy) is 1. The second-order valence-corrected chi connectivity index (χ2v) is 19.2. The van der Waals surface area contributed by atoms with Crippen LogP contribution in [-0.2, 0) is 22.4 Å². The minimum absolute atomic E-state index is 0.0127. The lowest BCUT2D eigenvalue weighted by atomic mass is 9.81. The fraction of sp³-hybridized carbons (Fsp3) is 0.583. The Hall–Kier alpha value is -5.35. The lowest BCUT2D eigenvalue weighted by Gasteiger charge is -2.43. The average Bonchev–Trinajstić information content (AvgIpc) is 3.35. The van der Waals surface area contributed by atoms with Gasteiger partial charge in [-0.05, 0) is 79.0 Å². The molecule has 73 heavy (non-hydrogen) atoms. The third kappa shape index (κ3) is 20.1. The maximum atomic E-state index is 13.3. The maximum absolute atomic E-state index is 13.3. The number of amides is 3. The molecule has 1 aromatic heterocycles. The first-order chi connectivity index (χ1) is 34.4. The number of carbonyl (C=O) groups is 3. The van der Waals surface area contributed by atoms with Crippen LogP contribution in [0.5, 0.6) is 0 Å². The number of aromatic nitrogens is 2. The fourth-order valence-electron chi connectivity index (χ4n) is 8.01. The van der Waals surface area contributed by atoms with Gasteiger partial charge < -0.3 is 84.1 Å². The van der Waals surface area contributed by atoms with E-state index in [0.29, 0.717) is 25.8 Å². The Morgan fingerprint density at radius 3 is 1.67 bits per heavy atom. The van der Waals surface area contributed by atoms with Crippen molar-refractivity contribution in [3.63, 3.8) is 0 Å². The van der Waals surface area contributed by atoms with Crippen LogP contribution in [0, 0.1) is 5.41 Å². The zero-order valence-corrected chi connectivity index (χ0v) is 42.1. The van der Waals surface area contributed by atoms with Crippen molar-refractivity contribution in [3.05, 3.63) is 70.5 Å². The minimum atomic E-state index is -1.98. The molecule has 1 unspecified atom stereocenters. The van der Waals surface area contributed by atoms with Gasteiger partial charge in [0.1, 0.15) is 36.6 Å². The molecule has 0 fully saturated rings. The molecule has 3 amide bonds. The van der Waals surface area contributed by atoms with Crippen molar-refractivity contribution in [2.75, 3.05) is 50.9 Å². The Morgan fingerprint density at radius 1 is 0.699 bits per heavy atom. The zero-order valence-electron chi connectivity index (χ0n) is 41.4. The molecule has 3 aromatic rings. The van der Waals surface area contributed by atoms with Crippen molar-refractivity contribution in [3.8, 4) is 11.1 Å². The summed E-state index contributed by atoms with van der Waals surface area (Å²) in [4.78, 5) is 50.9. The zero-order chi connectivity index (χ0) is 54.6. The lowest BCUT2D eigenvalue weighted by molar-refractivity contribution is -0.137. The van der Waals surface area contributed by atoms with Crippen molar-refractivity contribution < 1.29 is 70.2 Å². The van der Waals surface area contributed by atoms with E-state index >= 15 is 0 Å². The van der Waals surface area contributed by atoms with E-state index < -0.39 is 111 Å². The molecule has 0 aliphatic carbocycles. The molecule has 0 radical (unpaired) electrons. The number of primary amides is 1. The van der Waals surface area contributed by atoms with Crippen molar-refractivity contribution in [2.24, 2.45) is 21.9 Å². The van der Waals surface area contributed by atoms with Crippen LogP contribution in [0.25, 0.3) is 11.1 Å². The largest absolute Gasteiger partial charge is 0.436 e. The van der Waals surface area contributed by atoms with Crippen molar-refractivity contribution >= 4 is 47.1 Å². The number of benzene rings is 2. The highest BCUT2D eigenvalue weighted by Crippen LogP contribution is 2.31. The number of hydrogen-bond acceptors (Lipinski definition) is 20. The third-order valence-corrected chi connectivity index (χ3v) is 12.4. The van der Waals surface area contributed by atoms with Gasteiger partial charge in [-0.1, -0.05) is 80.9 Å². The molecule has 0 bridgehead atoms. The van der Waals surface area contributed by atoms with Gasteiger partial charge in [0, 0.05) is 32.2 Å². The number of hydrogen-bond donors (Lipinski definition) is 16. The number of guanidine groups is 1. The quantitative estimate of drug-likeness (QED) is 0.0201. The molecule has 0 saturated carbocycles. The summed E-state index contributed by atoms with van der Waals surface area (Å²) < 4.78 is 5.19. The first-order valence-corrected chi connectivity index (χ1v) is 24.3. The first kappa shape index (κ1) is 61.9. The molecule has 0 aliphatic rings. The number of rotatable bonds is 30. The summed E-state index contributed by atoms with van der Waals surface area (Å²) in [6.45, 7) is 3.25. The van der Waals surface area contributed by atoms with Gasteiger partial charge in [0.2, 0.25) is 0 Å². The van der Waals surface area contributed by atoms with Gasteiger partial charge in [-0.25, -0.2) is 14.8 Å². The van der Waals surface area contributed by atoms with Gasteiger partial charge in [0.25, 0.3) is 11.8 Å². The van der Waals surface area contributed by atoms with E-state index in [9.17, 15) is 65.4 Å². The van der Waals surface area contributed by atoms with Crippen LogP contribution in [0.1, 0.15) is 80.9 Å². The number of aliphatic hydroxyl groups excluding tert-OH is 10. The van der Waals surface area contributed by atoms with Crippen LogP contribution >= 0.6 is 11.6 Å². The summed E-state index contributed by atoms with van der Waals surface area (Å²) in [7, 11) is 0. The van der Waals surface area contributed by atoms with Crippen LogP contribution < -0.4 is 33.6 Å². The molecule has 408 valence electrons. The Labute approximate surface area is 429 Å². The van der Waals surface area contributed by atoms with Crippen LogP contribution in [0.2, 0.25) is 5.15 Å². The Morgan fingerprint density at radius 2 is 1.19 bits per heavy atom. The van der Waals surface area contributed by atoms with Crippen LogP contribution in [-0.4, -0.2) is 190 Å². The molecule has 0 spiro atoms. The van der Waals surface area contributed by atoms with E-state index in [4.69, 9.17) is 39.3 Å². The van der Waals surface area contributed by atoms with Gasteiger partial charge in [-0.3, -0.25) is 24.8 Å². The van der Waals surface area contributed by atoms with E-state index in [1.807, 2.05) is 57.2 Å². The molecule has 10 atom stereocenters. The number of anilines is 2. The van der Waals surface area contributed by atoms with E-state index in [1.165, 1.54) is 4.90 Å². The predicted molar refractivity (Wildman–Crippen MR) is 271 cm³/mol. The summed E-state index contributed by atoms with van der Waals surface area (Å²) in [5, 5.41) is 107. The Kier molecular flexibility index (Phi) is 25.6. The van der Waals surface area contributed by atoms with Gasteiger partial charge >= 0.3 is 6.09 Å². The Balaban J connectivity index is 1.53. The number of halogens is 1. The van der Waals surface area contributed by atoms with Crippen molar-refractivity contribution in [1.82, 2.24) is 25.5 Å². The lowest BCUT2D eigenvalue weighted by Crippen LogP contribution is -2.57. The van der Waals surface area contributed by atoms with E-state index in [0.717, 1.165) is 35.1 Å². The highest BCUT2D eigenvalue weighted by Gasteiger charge is 2.39. The number of aryl methyl sites for hydroxylation is 2. The number of nitrogens with one attached hydrogen (secondary N) is 2. The summed E-state index contributed by atoms with van der Waals surface area (Å²) in [5.41, 5.74) is 25.7. The van der Waals surface area contributed by atoms with Gasteiger partial charge in [-0.2, -0.15) is 0 Å². The van der Waals surface area contributed by atoms with Gasteiger partial charge in [0.15, 0.2) is 34.5 Å². The molecule has 25 heteroatoms. The minimum Gasteiger partial charge on any atom is -0.436 e. The summed E-state index contributed by atoms with van der Waals surface area (Å²) in [6, 6.07) is 15.6. The second-order valence-electron chi connectivity index (χ2n) is 18.9. The normalized spacial score (nSPS) is 16.3. The fourth-order valence-corrected chi connectivity index (χ4v) is 8.13. The number of unbranched alkanes of at least 4 members (excludes halogenated alkanes) is 1. The SMILES string of the molecule is CC(C)(C)C(CCC[C@H](OC(N)=O)C(=O)NCCCc1ccc(-c2ccc(CCCCN=C(N)NC(=O)c3nc(Cl)c(N)nc3N)cc2)cc1)N(C[C@H](O)[C@@H](O)[C@H](O)[C@H](O)CO)C[C@H](O)[C@@H](O)[C@H](O)[C@H](O)CO. The highest BCUT2D eigenvalue weighted by molar-refractivity contribution is 6.31. The smallest absolute Gasteiger partial charge is 0.405 e. The third-order valence-electron chi connectivity index (χ3n) is 12.1. The van der Waals surface area contributed by atoms with Crippen LogP contribution in [0.3, 0.4) is 0 Å². The summed E-state index contributed by atoms with van der Waals surface area (Å²) in [6.07, 6.45) is -13.6. The molecule has 0 aliphatic heterocycles. The maximum Gasteiger partial charge on any atom is 0.405 e. The number of nitrogens with zero attached hydrogens (tertiary/aromatic N) is 4. The standard InChI is InChI=1S/C48H75ClN10O14/c1-48(2,3)35(59(22-30(62)37(66)39(68)32(64)24-60)23-31(63)38(67)40(69)33(65)25-61)11-6-10-34(73-47(53)72)44(70)54-21-7-9-27-14-18-29(19-15-27)28-16-12-26(13-17-28)8-4-5-20-55-46(52)58-45(71)36-42(50)57-43(51)41(49)56-36/h12-19,30-35,37-40,60-69H,4-11,20-25H2,1-3H3,(H2,53,72)(H,54,70)(H4,50,51,57)(H3,52,55,58,71)/t30-,31-,32+,33+,34-,35?,37+,38+,39+,40+/m0/s1. The van der Waals surface area contributed by atoms with Crippen molar-refractivity contribution in [2.45, 2.75) is 133 Å². The molecule has 1 heterocycles. The van der Waals surface area contributed by atoms with E-state index in [1.54, 1.807) is 0 Å². The van der Waals surface area contributed by atoms with E-state index in [-0.39, 0.29) is 54.2 Å². The summed E-state index contributed by atoms with van der Waals surface area (Å²) in [5.74, 6) is -1.68. The summed E-state index contributed by atoms with van der Waals surface area (Å²) >= 11 is 5.84. The predicted octanol–water partition coefficient (Wildman–Crippen LogP) is -1.70. The van der Waals surface area contributed by atoms with E-state index in [2.05, 4.69) is 37.7 Å². The molecule has 2 aromatic carbocycles. The molecule has 24 nitrogen and oxygen atoms in total. The molecule has 3 rings (SSSR count). The molecule has 20 N–H and O–H groups in total. The van der Waals surface area contributed by atoms with Crippen molar-refractivity contribution in [1.29, 1.82) is 0 Å². The molecular formula is C48H75ClN10O14. The monoisotopic (exact) mass is 1050 g/mol. The van der Waals surface area contributed by atoms with Gasteiger partial charge in [-0.15, -0.1) is 0 Å². The average molecular weight is 1050 g/mol. The first-order valence-electron chi connectivity index (χ1n) is 23.9. The topological polar surface area (TPSA) is 432 Å². The number of nitrogen functional groups attached to an aromatic ring is 2. The second kappa shape index (κ2) is 30.1. The van der Waals surface area contributed by atoms with Gasteiger partial charge in [0.05, 0.1) is 25.4 Å². The Bertz CT molecular complexity index is 2180. The van der Waals surface area contributed by atoms with Crippen LogP contribution in [0.15, 0.2) is 53.5 Å².